The number of anilines is 2. The van der Waals surface area contributed by atoms with Crippen molar-refractivity contribution in [2.75, 3.05) is 18.7 Å². The van der Waals surface area contributed by atoms with Crippen LogP contribution in [0, 0.1) is 0 Å². The highest BCUT2D eigenvalue weighted by Crippen LogP contribution is 2.27. The number of halogens is 1. The summed E-state index contributed by atoms with van der Waals surface area (Å²) < 4.78 is 4.94. The summed E-state index contributed by atoms with van der Waals surface area (Å²) in [5.41, 5.74) is 0.911. The normalized spacial score (nSPS) is 10.2. The molecule has 18 heavy (non-hydrogen) atoms. The molecule has 1 heterocycles. The van der Waals surface area contributed by atoms with Crippen LogP contribution in [0.4, 0.5) is 11.6 Å². The maximum atomic E-state index is 5.78. The maximum Gasteiger partial charge on any atom is 0.322 e. The van der Waals surface area contributed by atoms with E-state index < -0.39 is 0 Å². The number of benzene rings is 1. The van der Waals surface area contributed by atoms with Gasteiger partial charge in [-0.25, -0.2) is 0 Å². The number of hydrogen-bond acceptors (Lipinski definition) is 6. The lowest BCUT2D eigenvalue weighted by Gasteiger charge is -2.09. The highest BCUT2D eigenvalue weighted by molar-refractivity contribution is 7.98. The minimum atomic E-state index is 0.0889. The highest BCUT2D eigenvalue weighted by Gasteiger charge is 2.07. The van der Waals surface area contributed by atoms with Gasteiger partial charge in [0.05, 0.1) is 12.8 Å². The lowest BCUT2D eigenvalue weighted by atomic mass is 10.3. The number of thioether (sulfide) groups is 1. The van der Waals surface area contributed by atoms with Crippen molar-refractivity contribution in [1.29, 1.82) is 0 Å². The molecule has 0 bridgehead atoms. The number of nitrogens with zero attached hydrogens (tertiary/aromatic N) is 3. The van der Waals surface area contributed by atoms with Gasteiger partial charge < -0.3 is 10.1 Å². The van der Waals surface area contributed by atoms with E-state index in [1.807, 2.05) is 30.5 Å². The zero-order valence-electron chi connectivity index (χ0n) is 9.85. The van der Waals surface area contributed by atoms with Crippen molar-refractivity contribution in [2.45, 2.75) is 4.90 Å². The molecule has 94 valence electrons. The van der Waals surface area contributed by atoms with Crippen LogP contribution in [-0.4, -0.2) is 28.3 Å². The molecule has 7 heteroatoms. The summed E-state index contributed by atoms with van der Waals surface area (Å²) in [4.78, 5) is 13.0. The monoisotopic (exact) mass is 282 g/mol. The number of methoxy groups -OCH3 is 1. The molecule has 1 aromatic carbocycles. The molecule has 2 rings (SSSR count). The molecule has 0 saturated heterocycles. The maximum absolute atomic E-state index is 5.78. The Labute approximate surface area is 114 Å². The Morgan fingerprint density at radius 2 is 2.00 bits per heavy atom. The van der Waals surface area contributed by atoms with Crippen LogP contribution in [0.1, 0.15) is 0 Å². The van der Waals surface area contributed by atoms with Gasteiger partial charge in [0.2, 0.25) is 11.2 Å². The van der Waals surface area contributed by atoms with Crippen molar-refractivity contribution in [3.8, 4) is 6.01 Å². The Balaban J connectivity index is 2.30. The van der Waals surface area contributed by atoms with Crippen LogP contribution < -0.4 is 10.1 Å². The molecule has 0 aliphatic carbocycles. The van der Waals surface area contributed by atoms with Crippen molar-refractivity contribution in [1.82, 2.24) is 15.0 Å². The molecule has 0 atom stereocenters. The summed E-state index contributed by atoms with van der Waals surface area (Å²) in [5, 5.41) is 3.18. The largest absolute Gasteiger partial charge is 0.467 e. The highest BCUT2D eigenvalue weighted by atomic mass is 35.5. The third kappa shape index (κ3) is 3.02. The van der Waals surface area contributed by atoms with Crippen molar-refractivity contribution in [3.63, 3.8) is 0 Å². The van der Waals surface area contributed by atoms with Crippen LogP contribution >= 0.6 is 23.4 Å². The second-order valence-electron chi connectivity index (χ2n) is 3.24. The molecule has 0 aliphatic rings. The fourth-order valence-electron chi connectivity index (χ4n) is 1.35. The Morgan fingerprint density at radius 1 is 1.22 bits per heavy atom. The van der Waals surface area contributed by atoms with Gasteiger partial charge in [-0.15, -0.1) is 11.8 Å². The number of ether oxygens (including phenoxy) is 1. The van der Waals surface area contributed by atoms with Gasteiger partial charge in [-0.1, -0.05) is 12.1 Å². The predicted molar refractivity (Wildman–Crippen MR) is 72.9 cm³/mol. The number of para-hydroxylation sites is 1. The molecule has 0 radical (unpaired) electrons. The fraction of sp³-hybridized carbons (Fsp3) is 0.182. The van der Waals surface area contributed by atoms with E-state index in [0.717, 1.165) is 10.6 Å². The molecule has 0 aliphatic heterocycles. The van der Waals surface area contributed by atoms with Gasteiger partial charge in [-0.2, -0.15) is 15.0 Å². The van der Waals surface area contributed by atoms with Crippen LogP contribution in [0.3, 0.4) is 0 Å². The Bertz CT molecular complexity index is 552. The third-order valence-electron chi connectivity index (χ3n) is 2.12. The summed E-state index contributed by atoms with van der Waals surface area (Å²) in [7, 11) is 1.48. The van der Waals surface area contributed by atoms with E-state index in [-0.39, 0.29) is 11.3 Å². The molecule has 1 N–H and O–H groups in total. The summed E-state index contributed by atoms with van der Waals surface area (Å²) in [6.45, 7) is 0. The SMILES string of the molecule is COc1nc(Cl)nc(Nc2ccccc2SC)n1. The first-order valence-corrected chi connectivity index (χ1v) is 6.69. The van der Waals surface area contributed by atoms with Gasteiger partial charge in [-0.05, 0) is 30.0 Å². The van der Waals surface area contributed by atoms with Crippen LogP contribution in [-0.2, 0) is 0 Å². The van der Waals surface area contributed by atoms with E-state index in [9.17, 15) is 0 Å². The van der Waals surface area contributed by atoms with Gasteiger partial charge in [0, 0.05) is 4.90 Å². The lowest BCUT2D eigenvalue weighted by molar-refractivity contribution is 0.379. The van der Waals surface area contributed by atoms with E-state index >= 15 is 0 Å². The first-order chi connectivity index (χ1) is 8.72. The number of hydrogen-bond donors (Lipinski definition) is 1. The zero-order valence-corrected chi connectivity index (χ0v) is 11.4. The summed E-state index contributed by atoms with van der Waals surface area (Å²) in [6, 6.07) is 8.03. The topological polar surface area (TPSA) is 59.9 Å². The zero-order chi connectivity index (χ0) is 13.0. The van der Waals surface area contributed by atoms with Crippen molar-refractivity contribution in [3.05, 3.63) is 29.5 Å². The molecule has 1 aromatic heterocycles. The second-order valence-corrected chi connectivity index (χ2v) is 4.43. The number of nitrogens with one attached hydrogen (secondary N) is 1. The van der Waals surface area contributed by atoms with E-state index in [0.29, 0.717) is 5.95 Å². The second kappa shape index (κ2) is 5.88. The third-order valence-corrected chi connectivity index (χ3v) is 3.09. The lowest BCUT2D eigenvalue weighted by Crippen LogP contribution is -2.02. The molecule has 0 fully saturated rings. The summed E-state index contributed by atoms with van der Waals surface area (Å²) >= 11 is 7.41. The minimum absolute atomic E-state index is 0.0889. The van der Waals surface area contributed by atoms with E-state index in [1.165, 1.54) is 7.11 Å². The van der Waals surface area contributed by atoms with Crippen LogP contribution in [0.2, 0.25) is 5.28 Å². The number of aromatic nitrogens is 3. The van der Waals surface area contributed by atoms with Crippen molar-refractivity contribution in [2.24, 2.45) is 0 Å². The smallest absolute Gasteiger partial charge is 0.322 e. The molecule has 5 nitrogen and oxygen atoms in total. The van der Waals surface area contributed by atoms with E-state index in [2.05, 4.69) is 20.3 Å². The van der Waals surface area contributed by atoms with Gasteiger partial charge in [0.15, 0.2) is 0 Å². The summed E-state index contributed by atoms with van der Waals surface area (Å²) in [6.07, 6.45) is 2.00. The fourth-order valence-corrected chi connectivity index (χ4v) is 2.05. The Hall–Kier alpha value is -1.53. The average molecular weight is 283 g/mol. The summed E-state index contributed by atoms with van der Waals surface area (Å²) in [5.74, 6) is 0.355. The van der Waals surface area contributed by atoms with Crippen LogP contribution in [0.25, 0.3) is 0 Å². The Morgan fingerprint density at radius 3 is 2.72 bits per heavy atom. The van der Waals surface area contributed by atoms with E-state index in [1.54, 1.807) is 11.8 Å². The van der Waals surface area contributed by atoms with Crippen LogP contribution in [0.15, 0.2) is 29.2 Å². The predicted octanol–water partition coefficient (Wildman–Crippen LogP) is 3.00. The molecule has 0 spiro atoms. The standard InChI is InChI=1S/C11H11ClN4OS/c1-17-11-15-9(12)14-10(16-11)13-7-5-3-4-6-8(7)18-2/h3-6H,1-2H3,(H,13,14,15,16). The quantitative estimate of drug-likeness (QED) is 0.870. The molecule has 0 saturated carbocycles. The molecule has 0 unspecified atom stereocenters. The van der Waals surface area contributed by atoms with Crippen LogP contribution in [0.5, 0.6) is 6.01 Å². The Kier molecular flexibility index (Phi) is 4.22. The first-order valence-electron chi connectivity index (χ1n) is 5.08. The van der Waals surface area contributed by atoms with Crippen molar-refractivity contribution >= 4 is 35.0 Å². The van der Waals surface area contributed by atoms with Gasteiger partial charge in [0.25, 0.3) is 0 Å². The molecule has 0 amide bonds. The molecular formula is C11H11ClN4OS. The number of rotatable bonds is 4. The average Bonchev–Trinajstić information content (AvgIpc) is 2.38. The molecule has 2 aromatic rings. The van der Waals surface area contributed by atoms with Gasteiger partial charge in [-0.3, -0.25) is 0 Å². The minimum Gasteiger partial charge on any atom is -0.467 e. The van der Waals surface area contributed by atoms with Gasteiger partial charge in [0.1, 0.15) is 0 Å². The first kappa shape index (κ1) is 12.9. The van der Waals surface area contributed by atoms with Gasteiger partial charge >= 0.3 is 6.01 Å². The van der Waals surface area contributed by atoms with E-state index in [4.69, 9.17) is 16.3 Å². The van der Waals surface area contributed by atoms with Crippen molar-refractivity contribution < 1.29 is 4.74 Å². The molecular weight excluding hydrogens is 272 g/mol.